The number of carbonyl (C=O) groups excluding carboxylic acids is 1. The van der Waals surface area contributed by atoms with Crippen LogP contribution in [0.25, 0.3) is 0 Å². The van der Waals surface area contributed by atoms with Crippen molar-refractivity contribution in [1.29, 1.82) is 0 Å². The van der Waals surface area contributed by atoms with E-state index in [0.717, 1.165) is 19.6 Å². The molecule has 0 aromatic heterocycles. The summed E-state index contributed by atoms with van der Waals surface area (Å²) in [5.74, 6) is 1.12. The summed E-state index contributed by atoms with van der Waals surface area (Å²) in [6.45, 7) is 5.14. The number of carbonyl (C=O) groups is 1. The predicted octanol–water partition coefficient (Wildman–Crippen LogP) is 4.43. The van der Waals surface area contributed by atoms with Crippen molar-refractivity contribution in [1.82, 2.24) is 14.7 Å². The fourth-order valence-electron chi connectivity index (χ4n) is 6.31. The number of likely N-dealkylation sites (tertiary alicyclic amines) is 1. The summed E-state index contributed by atoms with van der Waals surface area (Å²) in [4.78, 5) is 20.5. The molecule has 32 heavy (non-hydrogen) atoms. The molecule has 4 nitrogen and oxygen atoms in total. The van der Waals surface area contributed by atoms with Gasteiger partial charge in [0.15, 0.2) is 0 Å². The lowest BCUT2D eigenvalue weighted by molar-refractivity contribution is -0.141. The molecule has 0 N–H and O–H groups in total. The van der Waals surface area contributed by atoms with Gasteiger partial charge in [0, 0.05) is 32.7 Å². The predicted molar refractivity (Wildman–Crippen MR) is 129 cm³/mol. The third-order valence-electron chi connectivity index (χ3n) is 7.97. The molecule has 2 aromatic carbocycles. The Hall–Kier alpha value is -2.17. The van der Waals surface area contributed by atoms with Gasteiger partial charge in [-0.15, -0.1) is 0 Å². The first-order valence-corrected chi connectivity index (χ1v) is 12.5. The third-order valence-corrected chi connectivity index (χ3v) is 7.97. The van der Waals surface area contributed by atoms with Crippen LogP contribution in [-0.4, -0.2) is 66.4 Å². The molecule has 0 unspecified atom stereocenters. The molecule has 1 amide bonds. The second-order valence-corrected chi connectivity index (χ2v) is 10.1. The Balaban J connectivity index is 1.21. The van der Waals surface area contributed by atoms with Crippen molar-refractivity contribution < 1.29 is 4.79 Å². The standard InChI is InChI=1S/C28H37N3O/c1-29(19-24-15-10-18-30-17-9-8-16-26(24)30)28(32)25-20-31(21-25)27(22-11-4-2-5-12-22)23-13-6-3-7-14-23/h2-7,11-14,24-27H,8-10,15-21H2,1H3/t24-,26+/m0/s1. The Morgan fingerprint density at radius 2 is 1.53 bits per heavy atom. The normalized spacial score (nSPS) is 24.7. The number of nitrogens with zero attached hydrogens (tertiary/aromatic N) is 3. The Morgan fingerprint density at radius 1 is 0.906 bits per heavy atom. The molecule has 3 saturated heterocycles. The molecule has 3 aliphatic rings. The van der Waals surface area contributed by atoms with Crippen LogP contribution in [0.5, 0.6) is 0 Å². The van der Waals surface area contributed by atoms with E-state index >= 15 is 0 Å². The minimum atomic E-state index is 0.126. The van der Waals surface area contributed by atoms with Crippen molar-refractivity contribution >= 4 is 5.91 Å². The van der Waals surface area contributed by atoms with Gasteiger partial charge in [-0.3, -0.25) is 9.69 Å². The molecule has 0 bridgehead atoms. The molecule has 0 radical (unpaired) electrons. The zero-order valence-corrected chi connectivity index (χ0v) is 19.4. The fraction of sp³-hybridized carbons (Fsp3) is 0.536. The highest BCUT2D eigenvalue weighted by Gasteiger charge is 2.40. The second-order valence-electron chi connectivity index (χ2n) is 10.1. The molecule has 0 spiro atoms. The Kier molecular flexibility index (Phi) is 6.61. The van der Waals surface area contributed by atoms with Crippen LogP contribution in [0.4, 0.5) is 0 Å². The number of benzene rings is 2. The van der Waals surface area contributed by atoms with Gasteiger partial charge < -0.3 is 9.80 Å². The average molecular weight is 432 g/mol. The molecule has 0 aliphatic carbocycles. The van der Waals surface area contributed by atoms with Crippen LogP contribution >= 0.6 is 0 Å². The van der Waals surface area contributed by atoms with Crippen LogP contribution in [-0.2, 0) is 4.79 Å². The highest BCUT2D eigenvalue weighted by Crippen LogP contribution is 2.35. The summed E-state index contributed by atoms with van der Waals surface area (Å²) in [6, 6.07) is 22.3. The minimum absolute atomic E-state index is 0.126. The minimum Gasteiger partial charge on any atom is -0.345 e. The SMILES string of the molecule is CN(C[C@@H]1CCCN2CCCC[C@H]12)C(=O)C1CN(C(c2ccccc2)c2ccccc2)C1. The van der Waals surface area contributed by atoms with Crippen LogP contribution in [0.15, 0.2) is 60.7 Å². The number of hydrogen-bond acceptors (Lipinski definition) is 3. The number of fused-ring (bicyclic) bond motifs is 1. The summed E-state index contributed by atoms with van der Waals surface area (Å²) < 4.78 is 0. The number of amides is 1. The van der Waals surface area contributed by atoms with E-state index in [1.807, 2.05) is 7.05 Å². The molecule has 3 fully saturated rings. The van der Waals surface area contributed by atoms with Gasteiger partial charge in [-0.05, 0) is 55.8 Å². The van der Waals surface area contributed by atoms with Gasteiger partial charge >= 0.3 is 0 Å². The van der Waals surface area contributed by atoms with E-state index in [1.54, 1.807) is 0 Å². The van der Waals surface area contributed by atoms with Crippen LogP contribution < -0.4 is 0 Å². The first-order valence-electron chi connectivity index (χ1n) is 12.5. The van der Waals surface area contributed by atoms with Gasteiger partial charge in [0.25, 0.3) is 0 Å². The Bertz CT molecular complexity index is 839. The van der Waals surface area contributed by atoms with Gasteiger partial charge in [-0.1, -0.05) is 67.1 Å². The summed E-state index contributed by atoms with van der Waals surface area (Å²) in [5, 5.41) is 0. The molecule has 5 rings (SSSR count). The van der Waals surface area contributed by atoms with Crippen LogP contribution in [0.2, 0.25) is 0 Å². The van der Waals surface area contributed by atoms with E-state index < -0.39 is 0 Å². The largest absolute Gasteiger partial charge is 0.345 e. The molecule has 3 aliphatic heterocycles. The van der Waals surface area contributed by atoms with Gasteiger partial charge in [0.1, 0.15) is 0 Å². The van der Waals surface area contributed by atoms with E-state index in [-0.39, 0.29) is 12.0 Å². The molecule has 0 saturated carbocycles. The second kappa shape index (κ2) is 9.76. The van der Waals surface area contributed by atoms with E-state index in [9.17, 15) is 4.79 Å². The molecule has 2 aromatic rings. The van der Waals surface area contributed by atoms with Crippen molar-refractivity contribution in [2.75, 3.05) is 39.8 Å². The molecule has 3 heterocycles. The quantitative estimate of drug-likeness (QED) is 0.677. The summed E-state index contributed by atoms with van der Waals surface area (Å²) in [7, 11) is 2.04. The van der Waals surface area contributed by atoms with Crippen molar-refractivity contribution in [2.24, 2.45) is 11.8 Å². The first-order chi connectivity index (χ1) is 15.7. The van der Waals surface area contributed by atoms with E-state index in [4.69, 9.17) is 0 Å². The van der Waals surface area contributed by atoms with Crippen LogP contribution in [0, 0.1) is 11.8 Å². The zero-order valence-electron chi connectivity index (χ0n) is 19.4. The number of rotatable bonds is 6. The number of piperidine rings is 2. The topological polar surface area (TPSA) is 26.8 Å². The average Bonchev–Trinajstić information content (AvgIpc) is 2.82. The molecular weight excluding hydrogens is 394 g/mol. The third kappa shape index (κ3) is 4.49. The lowest BCUT2D eigenvalue weighted by Crippen LogP contribution is -2.56. The smallest absolute Gasteiger partial charge is 0.228 e. The molecule has 2 atom stereocenters. The molecule has 4 heteroatoms. The van der Waals surface area contributed by atoms with Crippen LogP contribution in [0.1, 0.15) is 49.3 Å². The Labute approximate surface area is 193 Å². The van der Waals surface area contributed by atoms with Gasteiger partial charge in [-0.2, -0.15) is 0 Å². The monoisotopic (exact) mass is 431 g/mol. The maximum Gasteiger partial charge on any atom is 0.228 e. The highest BCUT2D eigenvalue weighted by atomic mass is 16.2. The summed E-state index contributed by atoms with van der Waals surface area (Å²) in [6.07, 6.45) is 6.59. The lowest BCUT2D eigenvalue weighted by atomic mass is 9.83. The van der Waals surface area contributed by atoms with Crippen molar-refractivity contribution in [3.05, 3.63) is 71.8 Å². The lowest BCUT2D eigenvalue weighted by Gasteiger charge is -2.47. The van der Waals surface area contributed by atoms with Crippen molar-refractivity contribution in [3.63, 3.8) is 0 Å². The van der Waals surface area contributed by atoms with E-state index in [1.165, 1.54) is 56.3 Å². The number of hydrogen-bond donors (Lipinski definition) is 0. The van der Waals surface area contributed by atoms with Gasteiger partial charge in [0.05, 0.1) is 12.0 Å². The van der Waals surface area contributed by atoms with Crippen LogP contribution in [0.3, 0.4) is 0 Å². The summed E-state index contributed by atoms with van der Waals surface area (Å²) in [5.41, 5.74) is 2.61. The summed E-state index contributed by atoms with van der Waals surface area (Å²) >= 11 is 0. The van der Waals surface area contributed by atoms with Gasteiger partial charge in [0.2, 0.25) is 5.91 Å². The Morgan fingerprint density at radius 3 is 2.19 bits per heavy atom. The molecular formula is C28H37N3O. The van der Waals surface area contributed by atoms with Crippen molar-refractivity contribution in [2.45, 2.75) is 44.2 Å². The highest BCUT2D eigenvalue weighted by molar-refractivity contribution is 5.80. The first kappa shape index (κ1) is 21.7. The van der Waals surface area contributed by atoms with E-state index in [0.29, 0.717) is 17.9 Å². The molecule has 170 valence electrons. The zero-order chi connectivity index (χ0) is 21.9. The maximum atomic E-state index is 13.3. The van der Waals surface area contributed by atoms with Gasteiger partial charge in [-0.25, -0.2) is 0 Å². The fourth-order valence-corrected chi connectivity index (χ4v) is 6.31. The maximum absolute atomic E-state index is 13.3. The van der Waals surface area contributed by atoms with Crippen molar-refractivity contribution in [3.8, 4) is 0 Å². The van der Waals surface area contributed by atoms with E-state index in [2.05, 4.69) is 75.4 Å².